The molecule has 1 aliphatic rings. The van der Waals surface area contributed by atoms with E-state index in [0.717, 1.165) is 6.42 Å². The van der Waals surface area contributed by atoms with E-state index in [4.69, 9.17) is 0 Å². The Labute approximate surface area is 135 Å². The summed E-state index contributed by atoms with van der Waals surface area (Å²) >= 11 is 3.73. The molecule has 1 aliphatic carbocycles. The van der Waals surface area contributed by atoms with Crippen molar-refractivity contribution in [2.24, 2.45) is 0 Å². The van der Waals surface area contributed by atoms with Crippen molar-refractivity contribution >= 4 is 15.9 Å². The number of hydrogen-bond acceptors (Lipinski definition) is 1. The summed E-state index contributed by atoms with van der Waals surface area (Å²) < 4.78 is 1.27. The highest BCUT2D eigenvalue weighted by Gasteiger charge is 2.23. The minimum Gasteiger partial charge on any atom is -0.307 e. The number of fused-ring (bicyclic) bond motifs is 1. The Hall–Kier alpha value is -1.12. The van der Waals surface area contributed by atoms with Crippen LogP contribution in [0.3, 0.4) is 0 Å². The summed E-state index contributed by atoms with van der Waals surface area (Å²) in [6.45, 7) is 4.49. The molecule has 1 nitrogen and oxygen atoms in total. The topological polar surface area (TPSA) is 12.0 Å². The number of aryl methyl sites for hydroxylation is 1. The van der Waals surface area contributed by atoms with Crippen LogP contribution in [-0.2, 0) is 12.8 Å². The van der Waals surface area contributed by atoms with E-state index < -0.39 is 0 Å². The van der Waals surface area contributed by atoms with Gasteiger partial charge in [0, 0.05) is 16.6 Å². The molecule has 2 heteroatoms. The fraction of sp³-hybridized carbons (Fsp3) is 0.368. The van der Waals surface area contributed by atoms with Crippen LogP contribution in [0.1, 0.15) is 41.6 Å². The molecule has 0 amide bonds. The zero-order valence-corrected chi connectivity index (χ0v) is 14.3. The molecule has 0 spiro atoms. The van der Waals surface area contributed by atoms with Crippen molar-refractivity contribution < 1.29 is 0 Å². The Morgan fingerprint density at radius 1 is 1.10 bits per heavy atom. The van der Waals surface area contributed by atoms with E-state index in [1.165, 1.54) is 34.0 Å². The molecule has 2 aromatic carbocycles. The summed E-state index contributed by atoms with van der Waals surface area (Å²) in [5.41, 5.74) is 5.85. The average molecular weight is 344 g/mol. The first-order chi connectivity index (χ1) is 10.1. The Kier molecular flexibility index (Phi) is 4.46. The first-order valence-corrected chi connectivity index (χ1v) is 8.52. The van der Waals surface area contributed by atoms with E-state index in [2.05, 4.69) is 77.6 Å². The highest BCUT2D eigenvalue weighted by Crippen LogP contribution is 2.31. The molecule has 0 aliphatic heterocycles. The third kappa shape index (κ3) is 3.22. The maximum Gasteiger partial charge on any atom is 0.0294 e. The second-order valence-electron chi connectivity index (χ2n) is 6.06. The summed E-state index contributed by atoms with van der Waals surface area (Å²) in [6, 6.07) is 16.1. The third-order valence-electron chi connectivity index (χ3n) is 4.59. The number of hydrogen-bond donors (Lipinski definition) is 1. The molecule has 3 rings (SSSR count). The van der Waals surface area contributed by atoms with Crippen molar-refractivity contribution in [1.82, 2.24) is 5.32 Å². The normalized spacial score (nSPS) is 19.1. The predicted octanol–water partition coefficient (Wildman–Crippen LogP) is 4.97. The summed E-state index contributed by atoms with van der Waals surface area (Å²) in [7, 11) is 0. The van der Waals surface area contributed by atoms with Crippen molar-refractivity contribution in [3.05, 3.63) is 69.2 Å². The third-order valence-corrected chi connectivity index (χ3v) is 5.33. The zero-order valence-electron chi connectivity index (χ0n) is 12.7. The van der Waals surface area contributed by atoms with Gasteiger partial charge in [0.1, 0.15) is 0 Å². The van der Waals surface area contributed by atoms with Gasteiger partial charge in [-0.25, -0.2) is 0 Å². The lowest BCUT2D eigenvalue weighted by molar-refractivity contribution is 0.412. The van der Waals surface area contributed by atoms with E-state index in [1.54, 1.807) is 5.56 Å². The van der Waals surface area contributed by atoms with Crippen molar-refractivity contribution in [2.75, 3.05) is 0 Å². The molecule has 0 heterocycles. The summed E-state index contributed by atoms with van der Waals surface area (Å²) in [5.74, 6) is 0. The van der Waals surface area contributed by atoms with Crippen LogP contribution in [0.25, 0.3) is 0 Å². The van der Waals surface area contributed by atoms with Gasteiger partial charge in [-0.1, -0.05) is 52.3 Å². The Morgan fingerprint density at radius 3 is 2.62 bits per heavy atom. The SMILES string of the molecule is Cc1ccc(Br)c2c1CC[C@@H](N[C@@H](C)c1ccccc1)C2. The van der Waals surface area contributed by atoms with E-state index in [9.17, 15) is 0 Å². The predicted molar refractivity (Wildman–Crippen MR) is 92.7 cm³/mol. The van der Waals surface area contributed by atoms with Gasteiger partial charge in [0.25, 0.3) is 0 Å². The Bertz CT molecular complexity index is 621. The van der Waals surface area contributed by atoms with Crippen molar-refractivity contribution in [3.8, 4) is 0 Å². The lowest BCUT2D eigenvalue weighted by Gasteiger charge is -2.30. The largest absolute Gasteiger partial charge is 0.307 e. The highest BCUT2D eigenvalue weighted by molar-refractivity contribution is 9.10. The van der Waals surface area contributed by atoms with Gasteiger partial charge in [0.15, 0.2) is 0 Å². The van der Waals surface area contributed by atoms with Crippen LogP contribution in [-0.4, -0.2) is 6.04 Å². The molecule has 0 unspecified atom stereocenters. The average Bonchev–Trinajstić information content (AvgIpc) is 2.52. The molecule has 2 aromatic rings. The van der Waals surface area contributed by atoms with Crippen LogP contribution in [0.15, 0.2) is 46.9 Å². The molecule has 0 saturated heterocycles. The van der Waals surface area contributed by atoms with Crippen LogP contribution in [0, 0.1) is 6.92 Å². The van der Waals surface area contributed by atoms with E-state index in [-0.39, 0.29) is 0 Å². The quantitative estimate of drug-likeness (QED) is 0.829. The van der Waals surface area contributed by atoms with Gasteiger partial charge in [0.05, 0.1) is 0 Å². The molecule has 110 valence electrons. The summed E-state index contributed by atoms with van der Waals surface area (Å²) in [4.78, 5) is 0. The van der Waals surface area contributed by atoms with Crippen LogP contribution < -0.4 is 5.32 Å². The van der Waals surface area contributed by atoms with Gasteiger partial charge in [0.2, 0.25) is 0 Å². The Morgan fingerprint density at radius 2 is 1.86 bits per heavy atom. The van der Waals surface area contributed by atoms with E-state index in [1.807, 2.05) is 0 Å². The molecule has 0 aromatic heterocycles. The van der Waals surface area contributed by atoms with Gasteiger partial charge in [-0.3, -0.25) is 0 Å². The lowest BCUT2D eigenvalue weighted by atomic mass is 9.85. The fourth-order valence-corrected chi connectivity index (χ4v) is 3.88. The van der Waals surface area contributed by atoms with Gasteiger partial charge < -0.3 is 5.32 Å². The Balaban J connectivity index is 1.74. The van der Waals surface area contributed by atoms with E-state index >= 15 is 0 Å². The smallest absolute Gasteiger partial charge is 0.0294 e. The van der Waals surface area contributed by atoms with Crippen molar-refractivity contribution in [2.45, 2.75) is 45.2 Å². The molecule has 21 heavy (non-hydrogen) atoms. The minimum atomic E-state index is 0.404. The lowest BCUT2D eigenvalue weighted by Crippen LogP contribution is -2.36. The van der Waals surface area contributed by atoms with E-state index in [0.29, 0.717) is 12.1 Å². The molecular weight excluding hydrogens is 322 g/mol. The number of halogens is 1. The highest BCUT2D eigenvalue weighted by atomic mass is 79.9. The number of benzene rings is 2. The van der Waals surface area contributed by atoms with Crippen LogP contribution in [0.2, 0.25) is 0 Å². The van der Waals surface area contributed by atoms with Crippen LogP contribution in [0.5, 0.6) is 0 Å². The minimum absolute atomic E-state index is 0.404. The monoisotopic (exact) mass is 343 g/mol. The summed E-state index contributed by atoms with van der Waals surface area (Å²) in [5, 5.41) is 3.80. The maximum absolute atomic E-state index is 3.80. The fourth-order valence-electron chi connectivity index (χ4n) is 3.35. The van der Waals surface area contributed by atoms with Gasteiger partial charge in [-0.15, -0.1) is 0 Å². The molecular formula is C19H22BrN. The summed E-state index contributed by atoms with van der Waals surface area (Å²) in [6.07, 6.45) is 3.52. The van der Waals surface area contributed by atoms with Crippen LogP contribution >= 0.6 is 15.9 Å². The first-order valence-electron chi connectivity index (χ1n) is 7.73. The van der Waals surface area contributed by atoms with Crippen molar-refractivity contribution in [1.29, 1.82) is 0 Å². The van der Waals surface area contributed by atoms with Crippen molar-refractivity contribution in [3.63, 3.8) is 0 Å². The second kappa shape index (κ2) is 6.33. The molecule has 0 bridgehead atoms. The van der Waals surface area contributed by atoms with Gasteiger partial charge in [-0.05, 0) is 61.4 Å². The zero-order chi connectivity index (χ0) is 14.8. The molecule has 0 radical (unpaired) electrons. The molecule has 0 fully saturated rings. The van der Waals surface area contributed by atoms with Crippen LogP contribution in [0.4, 0.5) is 0 Å². The van der Waals surface area contributed by atoms with Gasteiger partial charge in [-0.2, -0.15) is 0 Å². The first kappa shape index (κ1) is 14.8. The molecule has 2 atom stereocenters. The number of nitrogens with one attached hydrogen (secondary N) is 1. The molecule has 1 N–H and O–H groups in total. The number of rotatable bonds is 3. The second-order valence-corrected chi connectivity index (χ2v) is 6.91. The molecule has 0 saturated carbocycles. The standard InChI is InChI=1S/C19H22BrN/c1-13-8-11-19(20)18-12-16(9-10-17(13)18)21-14(2)15-6-4-3-5-7-15/h3-8,11,14,16,21H,9-10,12H2,1-2H3/t14-,16+/m0/s1. The van der Waals surface area contributed by atoms with Gasteiger partial charge >= 0.3 is 0 Å². The maximum atomic E-state index is 3.80.